The minimum atomic E-state index is -0.106. The minimum absolute atomic E-state index is 0.106. The van der Waals surface area contributed by atoms with Crippen LogP contribution in [0.25, 0.3) is 11.3 Å². The van der Waals surface area contributed by atoms with Gasteiger partial charge in [-0.2, -0.15) is 0 Å². The highest BCUT2D eigenvalue weighted by molar-refractivity contribution is 7.09. The van der Waals surface area contributed by atoms with Crippen LogP contribution in [-0.4, -0.2) is 29.0 Å². The van der Waals surface area contributed by atoms with E-state index in [-0.39, 0.29) is 5.91 Å². The first kappa shape index (κ1) is 18.1. The molecule has 26 heavy (non-hydrogen) atoms. The number of carbonyl (C=O) groups is 1. The summed E-state index contributed by atoms with van der Waals surface area (Å²) in [7, 11) is 0. The molecule has 0 fully saturated rings. The Morgan fingerprint density at radius 3 is 2.81 bits per heavy atom. The van der Waals surface area contributed by atoms with Gasteiger partial charge in [0.1, 0.15) is 5.75 Å². The summed E-state index contributed by atoms with van der Waals surface area (Å²) in [6.45, 7) is 3.04. The van der Waals surface area contributed by atoms with E-state index in [4.69, 9.17) is 4.74 Å². The molecule has 3 aromatic rings. The number of nitrogens with zero attached hydrogens (tertiary/aromatic N) is 2. The monoisotopic (exact) mass is 367 g/mol. The molecule has 0 spiro atoms. The highest BCUT2D eigenvalue weighted by atomic mass is 32.1. The summed E-state index contributed by atoms with van der Waals surface area (Å²) in [6, 6.07) is 11.2. The smallest absolute Gasteiger partial charge is 0.255 e. The Hall–Kier alpha value is -2.73. The highest BCUT2D eigenvalue weighted by Crippen LogP contribution is 2.22. The normalized spacial score (nSPS) is 10.5. The number of amides is 1. The maximum Gasteiger partial charge on any atom is 0.255 e. The number of para-hydroxylation sites is 1. The fourth-order valence-corrected chi connectivity index (χ4v) is 3.40. The Morgan fingerprint density at radius 1 is 1.19 bits per heavy atom. The van der Waals surface area contributed by atoms with Crippen molar-refractivity contribution >= 4 is 17.2 Å². The molecule has 5 nitrogen and oxygen atoms in total. The van der Waals surface area contributed by atoms with Crippen molar-refractivity contribution < 1.29 is 9.53 Å². The van der Waals surface area contributed by atoms with Gasteiger partial charge in [-0.1, -0.05) is 12.1 Å². The number of nitrogens with one attached hydrogen (secondary N) is 1. The first-order valence-corrected chi connectivity index (χ1v) is 9.50. The van der Waals surface area contributed by atoms with Crippen LogP contribution in [0.5, 0.6) is 5.75 Å². The number of carbonyl (C=O) groups excluding carboxylic acids is 1. The molecule has 0 bridgehead atoms. The number of pyridine rings is 1. The van der Waals surface area contributed by atoms with E-state index in [2.05, 4.69) is 20.7 Å². The van der Waals surface area contributed by atoms with E-state index in [1.165, 1.54) is 0 Å². The van der Waals surface area contributed by atoms with E-state index in [0.29, 0.717) is 24.5 Å². The van der Waals surface area contributed by atoms with Crippen LogP contribution in [0.2, 0.25) is 0 Å². The van der Waals surface area contributed by atoms with Crippen molar-refractivity contribution in [2.75, 3.05) is 13.2 Å². The van der Waals surface area contributed by atoms with E-state index in [1.807, 2.05) is 37.3 Å². The SMILES string of the molecule is CCOc1ccccc1C(=O)NCCCc1nc(-c2ccncc2)cs1. The summed E-state index contributed by atoms with van der Waals surface area (Å²) in [5.74, 6) is 0.514. The first-order chi connectivity index (χ1) is 12.8. The van der Waals surface area contributed by atoms with Gasteiger partial charge in [0.05, 0.1) is 22.9 Å². The van der Waals surface area contributed by atoms with Crippen molar-refractivity contribution in [3.63, 3.8) is 0 Å². The van der Waals surface area contributed by atoms with E-state index >= 15 is 0 Å². The van der Waals surface area contributed by atoms with Crippen LogP contribution in [0.4, 0.5) is 0 Å². The summed E-state index contributed by atoms with van der Waals surface area (Å²) in [5.41, 5.74) is 2.62. The van der Waals surface area contributed by atoms with E-state index in [9.17, 15) is 4.79 Å². The molecule has 3 rings (SSSR count). The van der Waals surface area contributed by atoms with Gasteiger partial charge in [-0.3, -0.25) is 9.78 Å². The summed E-state index contributed by atoms with van der Waals surface area (Å²) >= 11 is 1.64. The van der Waals surface area contributed by atoms with Gasteiger partial charge in [-0.15, -0.1) is 11.3 Å². The second kappa shape index (κ2) is 9.10. The maximum absolute atomic E-state index is 12.3. The van der Waals surface area contributed by atoms with Crippen LogP contribution >= 0.6 is 11.3 Å². The molecule has 1 aromatic carbocycles. The predicted octanol–water partition coefficient (Wildman–Crippen LogP) is 3.97. The van der Waals surface area contributed by atoms with Crippen LogP contribution in [0.3, 0.4) is 0 Å². The van der Waals surface area contributed by atoms with Gasteiger partial charge >= 0.3 is 0 Å². The number of rotatable bonds is 8. The van der Waals surface area contributed by atoms with Gasteiger partial charge < -0.3 is 10.1 Å². The Kier molecular flexibility index (Phi) is 6.33. The Morgan fingerprint density at radius 2 is 2.00 bits per heavy atom. The van der Waals surface area contributed by atoms with Crippen LogP contribution in [0.15, 0.2) is 54.2 Å². The molecule has 0 saturated carbocycles. The molecule has 0 atom stereocenters. The lowest BCUT2D eigenvalue weighted by atomic mass is 10.2. The third kappa shape index (κ3) is 4.67. The third-order valence-electron chi connectivity index (χ3n) is 3.81. The maximum atomic E-state index is 12.3. The van der Waals surface area contributed by atoms with Crippen LogP contribution in [-0.2, 0) is 6.42 Å². The zero-order chi connectivity index (χ0) is 18.2. The molecule has 0 aliphatic rings. The molecular formula is C20H21N3O2S. The van der Waals surface area contributed by atoms with Crippen LogP contribution in [0, 0.1) is 0 Å². The van der Waals surface area contributed by atoms with Gasteiger partial charge in [0, 0.05) is 36.3 Å². The summed E-state index contributed by atoms with van der Waals surface area (Å²) in [4.78, 5) is 21.0. The molecule has 1 amide bonds. The standard InChI is InChI=1S/C20H21N3O2S/c1-2-25-18-7-4-3-6-16(18)20(24)22-11-5-8-19-23-17(14-26-19)15-9-12-21-13-10-15/h3-4,6-7,9-10,12-14H,2,5,8,11H2,1H3,(H,22,24). The second-order valence-electron chi connectivity index (χ2n) is 5.65. The van der Waals surface area contributed by atoms with E-state index in [1.54, 1.807) is 29.8 Å². The topological polar surface area (TPSA) is 64.1 Å². The number of aryl methyl sites for hydroxylation is 1. The average molecular weight is 367 g/mol. The summed E-state index contributed by atoms with van der Waals surface area (Å²) < 4.78 is 5.50. The van der Waals surface area contributed by atoms with Crippen molar-refractivity contribution in [3.05, 3.63) is 64.7 Å². The number of thiazole rings is 1. The minimum Gasteiger partial charge on any atom is -0.493 e. The fraction of sp³-hybridized carbons (Fsp3) is 0.250. The molecule has 0 unspecified atom stereocenters. The lowest BCUT2D eigenvalue weighted by molar-refractivity contribution is 0.0949. The van der Waals surface area contributed by atoms with Gasteiger partial charge in [-0.05, 0) is 37.6 Å². The van der Waals surface area contributed by atoms with Crippen LogP contribution < -0.4 is 10.1 Å². The van der Waals surface area contributed by atoms with Crippen molar-refractivity contribution in [2.45, 2.75) is 19.8 Å². The molecule has 0 saturated heterocycles. The van der Waals surface area contributed by atoms with Crippen molar-refractivity contribution in [3.8, 4) is 17.0 Å². The Balaban J connectivity index is 1.49. The molecule has 0 aliphatic carbocycles. The van der Waals surface area contributed by atoms with Gasteiger partial charge in [0.25, 0.3) is 5.91 Å². The van der Waals surface area contributed by atoms with E-state index in [0.717, 1.165) is 29.1 Å². The zero-order valence-electron chi connectivity index (χ0n) is 14.6. The second-order valence-corrected chi connectivity index (χ2v) is 6.59. The van der Waals surface area contributed by atoms with Crippen molar-refractivity contribution in [1.82, 2.24) is 15.3 Å². The van der Waals surface area contributed by atoms with Crippen molar-refractivity contribution in [1.29, 1.82) is 0 Å². The largest absolute Gasteiger partial charge is 0.493 e. The summed E-state index contributed by atoms with van der Waals surface area (Å²) in [6.07, 6.45) is 5.21. The molecule has 2 aromatic heterocycles. The molecule has 0 aliphatic heterocycles. The third-order valence-corrected chi connectivity index (χ3v) is 4.72. The Bertz CT molecular complexity index is 849. The van der Waals surface area contributed by atoms with Crippen LogP contribution in [0.1, 0.15) is 28.7 Å². The van der Waals surface area contributed by atoms with Gasteiger partial charge in [0.15, 0.2) is 0 Å². The molecular weight excluding hydrogens is 346 g/mol. The van der Waals surface area contributed by atoms with E-state index < -0.39 is 0 Å². The predicted molar refractivity (Wildman–Crippen MR) is 104 cm³/mol. The number of aromatic nitrogens is 2. The van der Waals surface area contributed by atoms with Gasteiger partial charge in [0.2, 0.25) is 0 Å². The van der Waals surface area contributed by atoms with Gasteiger partial charge in [-0.25, -0.2) is 4.98 Å². The number of benzene rings is 1. The molecule has 134 valence electrons. The Labute approximate surface area is 157 Å². The molecule has 2 heterocycles. The first-order valence-electron chi connectivity index (χ1n) is 8.62. The van der Waals surface area contributed by atoms with Crippen molar-refractivity contribution in [2.24, 2.45) is 0 Å². The molecule has 6 heteroatoms. The lowest BCUT2D eigenvalue weighted by Gasteiger charge is -2.10. The zero-order valence-corrected chi connectivity index (χ0v) is 15.5. The number of hydrogen-bond acceptors (Lipinski definition) is 5. The quantitative estimate of drug-likeness (QED) is 0.612. The lowest BCUT2D eigenvalue weighted by Crippen LogP contribution is -2.25. The average Bonchev–Trinajstić information content (AvgIpc) is 3.15. The summed E-state index contributed by atoms with van der Waals surface area (Å²) in [5, 5.41) is 6.08. The molecule has 1 N–H and O–H groups in total. The highest BCUT2D eigenvalue weighted by Gasteiger charge is 2.11. The number of hydrogen-bond donors (Lipinski definition) is 1. The number of ether oxygens (including phenoxy) is 1. The molecule has 0 radical (unpaired) electrons. The fourth-order valence-electron chi connectivity index (χ4n) is 2.55.